The van der Waals surface area contributed by atoms with E-state index < -0.39 is 5.97 Å². The van der Waals surface area contributed by atoms with Gasteiger partial charge in [0.2, 0.25) is 0 Å². The molecule has 0 saturated carbocycles. The second-order valence-corrected chi connectivity index (χ2v) is 10.2. The molecule has 0 radical (unpaired) electrons. The van der Waals surface area contributed by atoms with Gasteiger partial charge in [-0.15, -0.1) is 0 Å². The molecule has 1 amide bonds. The van der Waals surface area contributed by atoms with Crippen LogP contribution in [0.3, 0.4) is 0 Å². The number of fused-ring (bicyclic) bond motifs is 2. The van der Waals surface area contributed by atoms with E-state index in [4.69, 9.17) is 0 Å². The highest BCUT2D eigenvalue weighted by Crippen LogP contribution is 2.41. The first-order chi connectivity index (χ1) is 18.4. The van der Waals surface area contributed by atoms with Crippen LogP contribution in [0.2, 0.25) is 0 Å². The van der Waals surface area contributed by atoms with Crippen molar-refractivity contribution >= 4 is 45.4 Å². The van der Waals surface area contributed by atoms with Crippen molar-refractivity contribution in [1.82, 2.24) is 9.47 Å². The Balaban J connectivity index is 1.46. The van der Waals surface area contributed by atoms with Gasteiger partial charge in [0.15, 0.2) is 0 Å². The average molecular weight is 507 g/mol. The van der Waals surface area contributed by atoms with Crippen LogP contribution >= 0.6 is 0 Å². The number of carbonyl (C=O) groups is 2. The summed E-state index contributed by atoms with van der Waals surface area (Å²) >= 11 is 0. The van der Waals surface area contributed by atoms with Crippen LogP contribution in [-0.4, -0.2) is 46.6 Å². The first-order valence-corrected chi connectivity index (χ1v) is 12.9. The summed E-state index contributed by atoms with van der Waals surface area (Å²) in [7, 11) is 3.72. The third-order valence-corrected chi connectivity index (χ3v) is 7.64. The minimum Gasteiger partial charge on any atom is -0.478 e. The van der Waals surface area contributed by atoms with E-state index in [0.717, 1.165) is 41.8 Å². The molecular weight excluding hydrogens is 476 g/mol. The predicted octanol–water partition coefficient (Wildman–Crippen LogP) is 5.43. The maximum absolute atomic E-state index is 13.6. The van der Waals surface area contributed by atoms with Crippen molar-refractivity contribution in [3.63, 3.8) is 0 Å². The molecule has 2 aliphatic heterocycles. The van der Waals surface area contributed by atoms with Gasteiger partial charge in [0, 0.05) is 49.0 Å². The van der Waals surface area contributed by atoms with Crippen LogP contribution in [0.4, 0.5) is 11.4 Å². The average Bonchev–Trinajstić information content (AvgIpc) is 3.63. The lowest BCUT2D eigenvalue weighted by molar-refractivity contribution is -0.112. The number of likely N-dealkylation sites (N-methyl/N-ethyl adjacent to an activating group) is 1. The first kappa shape index (κ1) is 24.0. The Morgan fingerprint density at radius 3 is 2.39 bits per heavy atom. The molecule has 2 N–H and O–H groups in total. The van der Waals surface area contributed by atoms with Crippen molar-refractivity contribution in [3.8, 4) is 0 Å². The van der Waals surface area contributed by atoms with Crippen molar-refractivity contribution < 1.29 is 14.7 Å². The van der Waals surface area contributed by atoms with Crippen LogP contribution in [0.5, 0.6) is 0 Å². The van der Waals surface area contributed by atoms with Gasteiger partial charge >= 0.3 is 5.97 Å². The zero-order valence-corrected chi connectivity index (χ0v) is 21.6. The van der Waals surface area contributed by atoms with E-state index in [1.54, 1.807) is 24.1 Å². The summed E-state index contributed by atoms with van der Waals surface area (Å²) in [4.78, 5) is 29.5. The fourth-order valence-corrected chi connectivity index (χ4v) is 5.55. The van der Waals surface area contributed by atoms with Gasteiger partial charge in [0.1, 0.15) is 0 Å². The monoisotopic (exact) mass is 506 g/mol. The van der Waals surface area contributed by atoms with Gasteiger partial charge in [-0.2, -0.15) is 0 Å². The molecule has 38 heavy (non-hydrogen) atoms. The second-order valence-electron chi connectivity index (χ2n) is 10.2. The Morgan fingerprint density at radius 2 is 1.66 bits per heavy atom. The maximum atomic E-state index is 13.6. The Kier molecular flexibility index (Phi) is 6.00. The van der Waals surface area contributed by atoms with E-state index in [9.17, 15) is 14.7 Å². The maximum Gasteiger partial charge on any atom is 0.335 e. The zero-order valence-electron chi connectivity index (χ0n) is 21.6. The molecule has 3 heterocycles. The van der Waals surface area contributed by atoms with E-state index in [2.05, 4.69) is 33.0 Å². The highest BCUT2D eigenvalue weighted by Gasteiger charge is 2.34. The number of hydrogen-bond acceptors (Lipinski definition) is 4. The van der Waals surface area contributed by atoms with Gasteiger partial charge in [-0.1, -0.05) is 18.2 Å². The minimum absolute atomic E-state index is 0.147. The number of rotatable bonds is 6. The first-order valence-electron chi connectivity index (χ1n) is 12.9. The summed E-state index contributed by atoms with van der Waals surface area (Å²) in [5, 5.41) is 14.2. The zero-order chi connectivity index (χ0) is 26.4. The third-order valence-electron chi connectivity index (χ3n) is 7.64. The Bertz CT molecular complexity index is 1590. The molecule has 4 aromatic rings. The van der Waals surface area contributed by atoms with Crippen LogP contribution in [0.15, 0.2) is 72.9 Å². The largest absolute Gasteiger partial charge is 0.478 e. The minimum atomic E-state index is -1.03. The van der Waals surface area contributed by atoms with Crippen molar-refractivity contribution in [2.24, 2.45) is 7.05 Å². The number of carboxylic acid groups (broad SMARTS) is 1. The number of aromatic carboxylic acids is 1. The topological polar surface area (TPSA) is 77.8 Å². The van der Waals surface area contributed by atoms with Crippen molar-refractivity contribution in [1.29, 1.82) is 0 Å². The molecule has 0 atom stereocenters. The molecule has 7 heteroatoms. The Morgan fingerprint density at radius 1 is 0.921 bits per heavy atom. The number of benzene rings is 3. The number of nitrogens with zero attached hydrogens (tertiary/aromatic N) is 3. The molecule has 2 aliphatic rings. The predicted molar refractivity (Wildman–Crippen MR) is 151 cm³/mol. The number of aromatic nitrogens is 1. The Hall–Kier alpha value is -4.36. The molecule has 0 bridgehead atoms. The fraction of sp³-hybridized carbons (Fsp3) is 0.226. The molecule has 1 fully saturated rings. The molecular formula is C31H30N4O3. The Labute approximate surface area is 221 Å². The molecule has 0 aliphatic carbocycles. The smallest absolute Gasteiger partial charge is 0.335 e. The quantitative estimate of drug-likeness (QED) is 0.341. The number of hydrogen-bond donors (Lipinski definition) is 2. The molecule has 7 nitrogen and oxygen atoms in total. The van der Waals surface area contributed by atoms with Crippen molar-refractivity contribution in [2.75, 3.05) is 30.4 Å². The van der Waals surface area contributed by atoms with Gasteiger partial charge in [-0.3, -0.25) is 9.69 Å². The van der Waals surface area contributed by atoms with Gasteiger partial charge in [0.25, 0.3) is 5.91 Å². The molecule has 0 unspecified atom stereocenters. The van der Waals surface area contributed by atoms with Crippen LogP contribution in [0, 0.1) is 0 Å². The van der Waals surface area contributed by atoms with Crippen LogP contribution in [0.25, 0.3) is 22.2 Å². The van der Waals surface area contributed by atoms with Crippen molar-refractivity contribution in [2.45, 2.75) is 19.4 Å². The van der Waals surface area contributed by atoms with Gasteiger partial charge in [-0.25, -0.2) is 4.79 Å². The summed E-state index contributed by atoms with van der Waals surface area (Å²) in [6.45, 7) is 3.23. The number of carboxylic acids is 1. The molecule has 1 saturated heterocycles. The summed E-state index contributed by atoms with van der Waals surface area (Å²) in [5.41, 5.74) is 6.63. The molecule has 0 spiro atoms. The summed E-state index contributed by atoms with van der Waals surface area (Å²) in [6, 6.07) is 21.4. The van der Waals surface area contributed by atoms with Gasteiger partial charge in [0.05, 0.1) is 22.5 Å². The van der Waals surface area contributed by atoms with Crippen LogP contribution in [0.1, 0.15) is 39.9 Å². The van der Waals surface area contributed by atoms with Crippen LogP contribution in [-0.2, 0) is 18.4 Å². The van der Waals surface area contributed by atoms with E-state index in [0.29, 0.717) is 22.5 Å². The van der Waals surface area contributed by atoms with E-state index in [1.807, 2.05) is 43.6 Å². The normalized spacial score (nSPS) is 16.8. The second kappa shape index (κ2) is 9.50. The lowest BCUT2D eigenvalue weighted by Crippen LogP contribution is -2.21. The number of aryl methyl sites for hydroxylation is 1. The third kappa shape index (κ3) is 4.25. The van der Waals surface area contributed by atoms with E-state index in [1.165, 1.54) is 24.5 Å². The lowest BCUT2D eigenvalue weighted by Gasteiger charge is -2.17. The summed E-state index contributed by atoms with van der Waals surface area (Å²) < 4.78 is 2.06. The van der Waals surface area contributed by atoms with E-state index >= 15 is 0 Å². The SMILES string of the molecule is CN1C(=O)C(=C(Nc2ccc(CN3CCCC3)cc2)c2ccc3c(ccn3C)c2)c2cc(C(=O)O)ccc21. The molecule has 3 aromatic carbocycles. The standard InChI is InChI=1S/C31H30N4O3/c1-33-16-13-21-17-22(7-11-26(21)33)29(32-24-9-5-20(6-10-24)19-35-14-3-4-15-35)28-25-18-23(31(37)38)8-12-27(25)34(2)30(28)36/h5-13,16-18,32H,3-4,14-15,19H2,1-2H3,(H,37,38). The fourth-order valence-electron chi connectivity index (χ4n) is 5.55. The highest BCUT2D eigenvalue weighted by atomic mass is 16.4. The molecule has 192 valence electrons. The molecule has 6 rings (SSSR count). The number of nitrogens with one attached hydrogen (secondary N) is 1. The number of amides is 1. The summed E-state index contributed by atoms with van der Waals surface area (Å²) in [6.07, 6.45) is 4.53. The van der Waals surface area contributed by atoms with Gasteiger partial charge < -0.3 is 19.9 Å². The summed E-state index contributed by atoms with van der Waals surface area (Å²) in [5.74, 6) is -1.20. The van der Waals surface area contributed by atoms with Gasteiger partial charge in [-0.05, 0) is 85.6 Å². The number of carbonyl (C=O) groups excluding carboxylic acids is 1. The van der Waals surface area contributed by atoms with Crippen LogP contribution < -0.4 is 10.2 Å². The number of anilines is 2. The number of likely N-dealkylation sites (tertiary alicyclic amines) is 1. The highest BCUT2D eigenvalue weighted by molar-refractivity contribution is 6.38. The van der Waals surface area contributed by atoms with Crippen molar-refractivity contribution in [3.05, 3.63) is 95.2 Å². The van der Waals surface area contributed by atoms with E-state index in [-0.39, 0.29) is 11.5 Å². The molecule has 1 aromatic heterocycles. The lowest BCUT2D eigenvalue weighted by atomic mass is 9.97.